The highest BCUT2D eigenvalue weighted by atomic mass is 35.5. The van der Waals surface area contributed by atoms with Gasteiger partial charge in [-0.05, 0) is 53.6 Å². The molecule has 0 fully saturated rings. The number of benzene rings is 2. The van der Waals surface area contributed by atoms with Crippen molar-refractivity contribution in [1.29, 1.82) is 0 Å². The molecule has 1 aliphatic rings. The Labute approximate surface area is 209 Å². The number of thiophene rings is 1. The molecule has 0 spiro atoms. The summed E-state index contributed by atoms with van der Waals surface area (Å²) in [5.74, 6) is -0.491. The Morgan fingerprint density at radius 2 is 1.89 bits per heavy atom. The average Bonchev–Trinajstić information content (AvgIpc) is 3.43. The lowest BCUT2D eigenvalue weighted by molar-refractivity contribution is 0.0767. The molecule has 2 aromatic heterocycles. The molecule has 5 rings (SSSR count). The summed E-state index contributed by atoms with van der Waals surface area (Å²) in [4.78, 5) is 40.7. The zero-order valence-electron chi connectivity index (χ0n) is 18.4. The zero-order chi connectivity index (χ0) is 24.5. The van der Waals surface area contributed by atoms with Gasteiger partial charge in [-0.1, -0.05) is 35.9 Å². The van der Waals surface area contributed by atoms with Gasteiger partial charge in [-0.3, -0.25) is 19.0 Å². The number of anilines is 1. The molecule has 35 heavy (non-hydrogen) atoms. The molecule has 4 aromatic rings. The second-order valence-corrected chi connectivity index (χ2v) is 9.81. The van der Waals surface area contributed by atoms with Crippen molar-refractivity contribution in [1.82, 2.24) is 9.47 Å². The van der Waals surface area contributed by atoms with Gasteiger partial charge >= 0.3 is 0 Å². The molecule has 0 bridgehead atoms. The van der Waals surface area contributed by atoms with Gasteiger partial charge in [0.1, 0.15) is 0 Å². The van der Waals surface area contributed by atoms with Crippen LogP contribution in [0.4, 0.5) is 5.69 Å². The molecule has 0 unspecified atom stereocenters. The Morgan fingerprint density at radius 3 is 2.66 bits per heavy atom. The lowest BCUT2D eigenvalue weighted by atomic mass is 10.1. The number of nitrogens with one attached hydrogen (secondary N) is 1. The molecular formula is C26H20ClN3O4S. The van der Waals surface area contributed by atoms with E-state index in [9.17, 15) is 19.5 Å². The smallest absolute Gasteiger partial charge is 0.265 e. The second-order valence-electron chi connectivity index (χ2n) is 8.10. The predicted molar refractivity (Wildman–Crippen MR) is 135 cm³/mol. The van der Waals surface area contributed by atoms with Crippen LogP contribution in [0.15, 0.2) is 77.7 Å². The van der Waals surface area contributed by atoms with Gasteiger partial charge in [-0.25, -0.2) is 0 Å². The van der Waals surface area contributed by atoms with E-state index in [1.807, 2.05) is 30.3 Å². The maximum absolute atomic E-state index is 13.3. The van der Waals surface area contributed by atoms with E-state index in [1.54, 1.807) is 47.5 Å². The Balaban J connectivity index is 1.38. The minimum Gasteiger partial charge on any atom is -0.391 e. The molecule has 176 valence electrons. The minimum absolute atomic E-state index is 0.176. The first-order chi connectivity index (χ1) is 16.9. The molecule has 7 nitrogen and oxygen atoms in total. The number of hydrogen-bond donors (Lipinski definition) is 2. The summed E-state index contributed by atoms with van der Waals surface area (Å²) in [5.41, 5.74) is 3.29. The first-order valence-electron chi connectivity index (χ1n) is 10.8. The third-order valence-corrected chi connectivity index (χ3v) is 7.05. The van der Waals surface area contributed by atoms with Crippen molar-refractivity contribution in [2.75, 3.05) is 5.32 Å². The first kappa shape index (κ1) is 23.0. The molecule has 0 atom stereocenters. The van der Waals surface area contributed by atoms with Gasteiger partial charge in [0.2, 0.25) is 0 Å². The van der Waals surface area contributed by atoms with Crippen LogP contribution in [0.25, 0.3) is 5.69 Å². The quantitative estimate of drug-likeness (QED) is 0.405. The van der Waals surface area contributed by atoms with Crippen LogP contribution in [0, 0.1) is 0 Å². The van der Waals surface area contributed by atoms with Gasteiger partial charge in [-0.15, -0.1) is 11.3 Å². The number of amides is 2. The van der Waals surface area contributed by atoms with Gasteiger partial charge in [0, 0.05) is 30.5 Å². The van der Waals surface area contributed by atoms with Crippen molar-refractivity contribution in [3.05, 3.63) is 115 Å². The molecule has 3 heterocycles. The SMILES string of the molecule is O=C(Nc1cccc2c1C(=O)N(Cc1cccc(-n3cccc(CO)c3=O)c1)C2)c1ccc(Cl)s1. The number of fused-ring (bicyclic) bond motifs is 1. The van der Waals surface area contributed by atoms with Crippen molar-refractivity contribution in [3.8, 4) is 5.69 Å². The number of carbonyl (C=O) groups excluding carboxylic acids is 2. The van der Waals surface area contributed by atoms with Crippen LogP contribution < -0.4 is 10.9 Å². The summed E-state index contributed by atoms with van der Waals surface area (Å²) in [6.45, 7) is 0.412. The molecule has 9 heteroatoms. The molecule has 2 amide bonds. The number of rotatable bonds is 6. The number of nitrogens with zero attached hydrogens (tertiary/aromatic N) is 2. The summed E-state index contributed by atoms with van der Waals surface area (Å²) >= 11 is 7.12. The van der Waals surface area contributed by atoms with Crippen molar-refractivity contribution in [2.45, 2.75) is 19.7 Å². The van der Waals surface area contributed by atoms with Gasteiger partial charge < -0.3 is 15.3 Å². The normalized spacial score (nSPS) is 12.6. The zero-order valence-corrected chi connectivity index (χ0v) is 20.0. The maximum Gasteiger partial charge on any atom is 0.265 e. The third-order valence-electron chi connectivity index (χ3n) is 5.82. The lowest BCUT2D eigenvalue weighted by Crippen LogP contribution is -2.24. The van der Waals surface area contributed by atoms with E-state index in [2.05, 4.69) is 5.32 Å². The largest absolute Gasteiger partial charge is 0.391 e. The van der Waals surface area contributed by atoms with E-state index in [1.165, 1.54) is 15.9 Å². The van der Waals surface area contributed by atoms with E-state index in [0.717, 1.165) is 11.1 Å². The van der Waals surface area contributed by atoms with Crippen LogP contribution in [0.5, 0.6) is 0 Å². The van der Waals surface area contributed by atoms with Gasteiger partial charge in [0.25, 0.3) is 17.4 Å². The van der Waals surface area contributed by atoms with Crippen LogP contribution >= 0.6 is 22.9 Å². The van der Waals surface area contributed by atoms with Crippen molar-refractivity contribution in [3.63, 3.8) is 0 Å². The van der Waals surface area contributed by atoms with Crippen molar-refractivity contribution in [2.24, 2.45) is 0 Å². The topological polar surface area (TPSA) is 91.6 Å². The Kier molecular flexibility index (Phi) is 6.25. The fraction of sp³-hybridized carbons (Fsp3) is 0.115. The van der Waals surface area contributed by atoms with Crippen LogP contribution in [-0.4, -0.2) is 26.4 Å². The first-order valence-corrected chi connectivity index (χ1v) is 12.0. The monoisotopic (exact) mass is 505 g/mol. The average molecular weight is 506 g/mol. The van der Waals surface area contributed by atoms with Crippen LogP contribution in [0.2, 0.25) is 4.34 Å². The number of hydrogen-bond acceptors (Lipinski definition) is 5. The van der Waals surface area contributed by atoms with Crippen LogP contribution in [0.1, 0.15) is 36.7 Å². The van der Waals surface area contributed by atoms with Crippen molar-refractivity contribution < 1.29 is 14.7 Å². The molecule has 1 aliphatic heterocycles. The number of pyridine rings is 1. The minimum atomic E-state index is -0.335. The van der Waals surface area contributed by atoms with Gasteiger partial charge in [0.15, 0.2) is 0 Å². The number of aliphatic hydroxyl groups excluding tert-OH is 1. The fourth-order valence-electron chi connectivity index (χ4n) is 4.16. The lowest BCUT2D eigenvalue weighted by Gasteiger charge is -2.17. The van der Waals surface area contributed by atoms with Crippen molar-refractivity contribution >= 4 is 40.4 Å². The number of carbonyl (C=O) groups is 2. The van der Waals surface area contributed by atoms with E-state index in [-0.39, 0.29) is 24.0 Å². The highest BCUT2D eigenvalue weighted by Gasteiger charge is 2.30. The number of aliphatic hydroxyl groups is 1. The highest BCUT2D eigenvalue weighted by Crippen LogP contribution is 2.31. The van der Waals surface area contributed by atoms with Crippen LogP contribution in [-0.2, 0) is 19.7 Å². The maximum atomic E-state index is 13.3. The Morgan fingerprint density at radius 1 is 1.06 bits per heavy atom. The van der Waals surface area contributed by atoms with E-state index >= 15 is 0 Å². The second kappa shape index (κ2) is 9.50. The number of halogens is 1. The third kappa shape index (κ3) is 4.51. The molecule has 0 radical (unpaired) electrons. The molecule has 0 aliphatic carbocycles. The standard InChI is InChI=1S/C26H20ClN3O4S/c27-22-10-9-21(35-22)24(32)28-20-8-2-5-17-14-29(26(34)23(17)20)13-16-4-1-7-19(12-16)30-11-3-6-18(15-31)25(30)33/h1-12,31H,13-15H2,(H,28,32). The summed E-state index contributed by atoms with van der Waals surface area (Å²) < 4.78 is 1.99. The summed E-state index contributed by atoms with van der Waals surface area (Å²) in [5, 5.41) is 12.2. The molecule has 2 N–H and O–H groups in total. The molecule has 0 saturated heterocycles. The van der Waals surface area contributed by atoms with Gasteiger partial charge in [-0.2, -0.15) is 0 Å². The van der Waals surface area contributed by atoms with Crippen LogP contribution in [0.3, 0.4) is 0 Å². The van der Waals surface area contributed by atoms with E-state index < -0.39 is 0 Å². The summed E-state index contributed by atoms with van der Waals surface area (Å²) in [6.07, 6.45) is 1.65. The summed E-state index contributed by atoms with van der Waals surface area (Å²) in [6, 6.07) is 19.4. The molecular weight excluding hydrogens is 486 g/mol. The van der Waals surface area contributed by atoms with E-state index in [4.69, 9.17) is 11.6 Å². The number of aromatic nitrogens is 1. The fourth-order valence-corrected chi connectivity index (χ4v) is 5.10. The Hall–Kier alpha value is -3.72. The van der Waals surface area contributed by atoms with Gasteiger partial charge in [0.05, 0.1) is 27.1 Å². The predicted octanol–water partition coefficient (Wildman–Crippen LogP) is 4.45. The summed E-state index contributed by atoms with van der Waals surface area (Å²) in [7, 11) is 0. The van der Waals surface area contributed by atoms with E-state index in [0.29, 0.717) is 44.8 Å². The highest BCUT2D eigenvalue weighted by molar-refractivity contribution is 7.18. The Bertz CT molecular complexity index is 1510. The molecule has 0 saturated carbocycles. The molecule has 2 aromatic carbocycles.